The number of rotatable bonds is 5. The van der Waals surface area contributed by atoms with Crippen molar-refractivity contribution in [2.75, 3.05) is 18.4 Å². The molecule has 3 aromatic rings. The van der Waals surface area contributed by atoms with Crippen molar-refractivity contribution in [1.82, 2.24) is 14.5 Å². The molecule has 4 aliphatic rings. The lowest BCUT2D eigenvalue weighted by Crippen LogP contribution is -2.60. The van der Waals surface area contributed by atoms with E-state index in [-0.39, 0.29) is 17.4 Å². The number of nitrogens with two attached hydrogens (primary N) is 1. The summed E-state index contributed by atoms with van der Waals surface area (Å²) in [7, 11) is 0. The molecule has 3 N–H and O–H groups in total. The number of guanidine groups is 1. The van der Waals surface area contributed by atoms with E-state index in [9.17, 15) is 9.18 Å². The van der Waals surface area contributed by atoms with Gasteiger partial charge in [-0.3, -0.25) is 9.36 Å². The van der Waals surface area contributed by atoms with Gasteiger partial charge in [-0.1, -0.05) is 32.9 Å². The van der Waals surface area contributed by atoms with Crippen LogP contribution in [0, 0.1) is 29.0 Å². The molecule has 7 rings (SSSR count). The van der Waals surface area contributed by atoms with Gasteiger partial charge in [0.1, 0.15) is 5.82 Å². The Balaban J connectivity index is 1.21. The number of aryl methyl sites for hydroxylation is 2. The molecule has 4 fully saturated rings. The Kier molecular flexibility index (Phi) is 6.25. The molecule has 7 nitrogen and oxygen atoms in total. The summed E-state index contributed by atoms with van der Waals surface area (Å²) in [6, 6.07) is 12.5. The quantitative estimate of drug-likeness (QED) is 0.391. The lowest BCUT2D eigenvalue weighted by molar-refractivity contribution is -0.108. The van der Waals surface area contributed by atoms with Crippen molar-refractivity contribution >= 4 is 22.5 Å². The molecular formula is C30H37FN6O. The minimum absolute atomic E-state index is 0.0795. The number of nitrogens with zero attached hydrogens (tertiary/aromatic N) is 4. The molecule has 0 spiro atoms. The first-order valence-electron chi connectivity index (χ1n) is 13.8. The molecule has 200 valence electrons. The van der Waals surface area contributed by atoms with Crippen LogP contribution in [0.4, 0.5) is 10.1 Å². The molecule has 3 saturated carbocycles. The van der Waals surface area contributed by atoms with E-state index in [1.807, 2.05) is 18.2 Å². The second-order valence-corrected chi connectivity index (χ2v) is 12.1. The number of halogens is 1. The Hall–Kier alpha value is -3.26. The fraction of sp³-hybridized carbons (Fsp3) is 0.500. The molecule has 2 heterocycles. The van der Waals surface area contributed by atoms with Crippen molar-refractivity contribution in [2.24, 2.45) is 33.9 Å². The SMILES string of the molecule is C[C@@H]1[C@@H](/N=C(/Nc2ccc3c(=O)n(CCc4ccc(F)cc4)cnc3c2)N2CC(N)C2)C[C@H]2C[C@@H]1C2(C)C. The van der Waals surface area contributed by atoms with Gasteiger partial charge in [-0.05, 0) is 78.3 Å². The van der Waals surface area contributed by atoms with Gasteiger partial charge in [-0.15, -0.1) is 0 Å². The van der Waals surface area contributed by atoms with Crippen LogP contribution in [0.2, 0.25) is 0 Å². The molecule has 2 aromatic carbocycles. The molecule has 3 aliphatic carbocycles. The Bertz CT molecular complexity index is 1420. The summed E-state index contributed by atoms with van der Waals surface area (Å²) in [5.74, 6) is 2.63. The van der Waals surface area contributed by atoms with E-state index >= 15 is 0 Å². The summed E-state index contributed by atoms with van der Waals surface area (Å²) in [6.07, 6.45) is 4.68. The zero-order chi connectivity index (χ0) is 26.6. The van der Waals surface area contributed by atoms with Crippen LogP contribution in [-0.2, 0) is 13.0 Å². The zero-order valence-corrected chi connectivity index (χ0v) is 22.4. The number of hydrogen-bond donors (Lipinski definition) is 2. The number of likely N-dealkylation sites (tertiary alicyclic amines) is 1. The number of aromatic nitrogens is 2. The van der Waals surface area contributed by atoms with Gasteiger partial charge in [-0.25, -0.2) is 14.4 Å². The monoisotopic (exact) mass is 516 g/mol. The average Bonchev–Trinajstić information content (AvgIpc) is 2.88. The maximum atomic E-state index is 13.2. The summed E-state index contributed by atoms with van der Waals surface area (Å²) in [6.45, 7) is 9.24. The lowest BCUT2D eigenvalue weighted by Gasteiger charge is -2.61. The highest BCUT2D eigenvalue weighted by molar-refractivity contribution is 5.96. The fourth-order valence-corrected chi connectivity index (χ4v) is 6.75. The summed E-state index contributed by atoms with van der Waals surface area (Å²) in [4.78, 5) is 25.2. The maximum Gasteiger partial charge on any atom is 0.261 e. The normalized spacial score (nSPS) is 26.7. The van der Waals surface area contributed by atoms with Crippen LogP contribution in [0.25, 0.3) is 10.9 Å². The lowest BCUT2D eigenvalue weighted by atomic mass is 9.45. The van der Waals surface area contributed by atoms with Gasteiger partial charge >= 0.3 is 0 Å². The number of aliphatic imine (C=N–C) groups is 1. The van der Waals surface area contributed by atoms with Crippen LogP contribution in [0.15, 0.2) is 58.6 Å². The smallest absolute Gasteiger partial charge is 0.261 e. The van der Waals surface area contributed by atoms with E-state index < -0.39 is 0 Å². The Morgan fingerprint density at radius 3 is 2.63 bits per heavy atom. The molecule has 1 aromatic heterocycles. The third-order valence-electron chi connectivity index (χ3n) is 9.45. The first-order valence-corrected chi connectivity index (χ1v) is 13.8. The summed E-state index contributed by atoms with van der Waals surface area (Å²) < 4.78 is 14.8. The highest BCUT2D eigenvalue weighted by atomic mass is 19.1. The second-order valence-electron chi connectivity index (χ2n) is 12.1. The fourth-order valence-electron chi connectivity index (χ4n) is 6.75. The number of hydrogen-bond acceptors (Lipinski definition) is 4. The van der Waals surface area contributed by atoms with E-state index in [0.717, 1.165) is 48.6 Å². The minimum atomic E-state index is -0.262. The molecule has 1 saturated heterocycles. The maximum absolute atomic E-state index is 13.2. The number of fused-ring (bicyclic) bond motifs is 3. The summed E-state index contributed by atoms with van der Waals surface area (Å²) >= 11 is 0. The van der Waals surface area contributed by atoms with Gasteiger partial charge in [0, 0.05) is 31.4 Å². The first-order chi connectivity index (χ1) is 18.2. The van der Waals surface area contributed by atoms with Gasteiger partial charge < -0.3 is 16.0 Å². The van der Waals surface area contributed by atoms with Crippen molar-refractivity contribution in [3.63, 3.8) is 0 Å². The molecule has 4 atom stereocenters. The number of anilines is 1. The topological polar surface area (TPSA) is 88.5 Å². The molecule has 0 radical (unpaired) electrons. The predicted octanol–water partition coefficient (Wildman–Crippen LogP) is 4.26. The Morgan fingerprint density at radius 1 is 1.18 bits per heavy atom. The van der Waals surface area contributed by atoms with Gasteiger partial charge in [0.25, 0.3) is 5.56 Å². The van der Waals surface area contributed by atoms with Crippen LogP contribution in [-0.4, -0.2) is 45.6 Å². The molecule has 2 bridgehead atoms. The van der Waals surface area contributed by atoms with Crippen LogP contribution in [0.1, 0.15) is 39.2 Å². The third kappa shape index (κ3) is 4.49. The Labute approximate surface area is 223 Å². The number of benzene rings is 2. The van der Waals surface area contributed by atoms with Gasteiger partial charge in [-0.2, -0.15) is 0 Å². The van der Waals surface area contributed by atoms with Crippen LogP contribution >= 0.6 is 0 Å². The molecule has 8 heteroatoms. The molecular weight excluding hydrogens is 479 g/mol. The van der Waals surface area contributed by atoms with Crippen molar-refractivity contribution in [3.05, 3.63) is 70.5 Å². The number of nitrogens with one attached hydrogen (secondary N) is 1. The van der Waals surface area contributed by atoms with Gasteiger partial charge in [0.05, 0.1) is 23.3 Å². The Morgan fingerprint density at radius 2 is 1.95 bits per heavy atom. The van der Waals surface area contributed by atoms with E-state index in [4.69, 9.17) is 10.7 Å². The van der Waals surface area contributed by atoms with E-state index in [2.05, 4.69) is 36.0 Å². The first kappa shape index (κ1) is 25.0. The molecule has 0 amide bonds. The zero-order valence-electron chi connectivity index (χ0n) is 22.4. The second kappa shape index (κ2) is 9.49. The van der Waals surface area contributed by atoms with E-state index in [0.29, 0.717) is 41.2 Å². The van der Waals surface area contributed by atoms with Crippen molar-refractivity contribution in [2.45, 2.75) is 58.7 Å². The van der Waals surface area contributed by atoms with Crippen LogP contribution in [0.3, 0.4) is 0 Å². The summed E-state index contributed by atoms with van der Waals surface area (Å²) in [5, 5.41) is 4.11. The minimum Gasteiger partial charge on any atom is -0.339 e. The molecule has 38 heavy (non-hydrogen) atoms. The van der Waals surface area contributed by atoms with Crippen LogP contribution in [0.5, 0.6) is 0 Å². The third-order valence-corrected chi connectivity index (χ3v) is 9.45. The average molecular weight is 517 g/mol. The van der Waals surface area contributed by atoms with Crippen LogP contribution < -0.4 is 16.6 Å². The highest BCUT2D eigenvalue weighted by Crippen LogP contribution is 2.61. The highest BCUT2D eigenvalue weighted by Gasteiger charge is 2.56. The molecule has 1 aliphatic heterocycles. The summed E-state index contributed by atoms with van der Waals surface area (Å²) in [5.41, 5.74) is 8.94. The standard InChI is InChI=1S/C30H37FN6O/c1-18-25-12-20(30(25,2)3)13-26(18)35-29(37-15-22(32)16-37)34-23-8-9-24-27(14-23)33-17-36(28(24)38)11-10-19-4-6-21(31)7-5-19/h4-9,14,17-18,20,22,25-26H,10-13,15-16,32H2,1-3H3,(H,34,35)/t18-,20+,25-,26-/m0/s1. The van der Waals surface area contributed by atoms with Crippen molar-refractivity contribution in [3.8, 4) is 0 Å². The predicted molar refractivity (Wildman–Crippen MR) is 150 cm³/mol. The van der Waals surface area contributed by atoms with Crippen molar-refractivity contribution in [1.29, 1.82) is 0 Å². The van der Waals surface area contributed by atoms with Gasteiger partial charge in [0.2, 0.25) is 0 Å². The van der Waals surface area contributed by atoms with E-state index in [1.165, 1.54) is 18.6 Å². The van der Waals surface area contributed by atoms with Crippen molar-refractivity contribution < 1.29 is 4.39 Å². The molecule has 0 unspecified atom stereocenters. The van der Waals surface area contributed by atoms with E-state index in [1.54, 1.807) is 23.0 Å². The van der Waals surface area contributed by atoms with Gasteiger partial charge in [0.15, 0.2) is 5.96 Å². The largest absolute Gasteiger partial charge is 0.339 e.